The van der Waals surface area contributed by atoms with Crippen LogP contribution in [0.5, 0.6) is 0 Å². The molecule has 0 spiro atoms. The summed E-state index contributed by atoms with van der Waals surface area (Å²) in [6.45, 7) is 1.91. The van der Waals surface area contributed by atoms with Gasteiger partial charge in [0.2, 0.25) is 0 Å². The Morgan fingerprint density at radius 1 is 1.06 bits per heavy atom. The zero-order chi connectivity index (χ0) is 11.6. The summed E-state index contributed by atoms with van der Waals surface area (Å²) in [5.41, 5.74) is 1.03. The first-order chi connectivity index (χ1) is 7.58. The van der Waals surface area contributed by atoms with Crippen molar-refractivity contribution in [1.29, 1.82) is 0 Å². The lowest BCUT2D eigenvalue weighted by Crippen LogP contribution is -2.21. The summed E-state index contributed by atoms with van der Waals surface area (Å²) in [6, 6.07) is 10.2. The van der Waals surface area contributed by atoms with Crippen LogP contribution in [-0.2, 0) is 10.0 Å². The smallest absolute Gasteiger partial charge is 0.261 e. The maximum Gasteiger partial charge on any atom is 0.275 e. The van der Waals surface area contributed by atoms with Crippen molar-refractivity contribution >= 4 is 10.0 Å². The molecule has 1 aromatic heterocycles. The van der Waals surface area contributed by atoms with Gasteiger partial charge in [0.25, 0.3) is 10.0 Å². The molecule has 4 nitrogen and oxygen atoms in total. The van der Waals surface area contributed by atoms with Crippen LogP contribution in [-0.4, -0.2) is 13.1 Å². The fourth-order valence-electron chi connectivity index (χ4n) is 1.30. The van der Waals surface area contributed by atoms with Gasteiger partial charge < -0.3 is 0 Å². The van der Waals surface area contributed by atoms with Gasteiger partial charge in [-0.3, -0.25) is 4.68 Å². The van der Waals surface area contributed by atoms with Gasteiger partial charge in [0, 0.05) is 12.4 Å². The fraction of sp³-hybridized carbons (Fsp3) is 0.0909. The minimum Gasteiger partial charge on any atom is -0.261 e. The van der Waals surface area contributed by atoms with E-state index in [4.69, 9.17) is 0 Å². The highest BCUT2D eigenvalue weighted by Crippen LogP contribution is 2.10. The zero-order valence-electron chi connectivity index (χ0n) is 8.79. The lowest BCUT2D eigenvalue weighted by atomic mass is 10.2. The van der Waals surface area contributed by atoms with E-state index in [2.05, 4.69) is 4.83 Å². The van der Waals surface area contributed by atoms with E-state index >= 15 is 0 Å². The van der Waals surface area contributed by atoms with Crippen LogP contribution in [0.2, 0.25) is 0 Å². The number of hydrogen-bond acceptors (Lipinski definition) is 2. The molecule has 1 N–H and O–H groups in total. The van der Waals surface area contributed by atoms with Crippen molar-refractivity contribution in [2.45, 2.75) is 11.8 Å². The molecular weight excluding hydrogens is 224 g/mol. The van der Waals surface area contributed by atoms with Gasteiger partial charge in [0.1, 0.15) is 0 Å². The summed E-state index contributed by atoms with van der Waals surface area (Å²) in [5, 5.41) is 0. The SMILES string of the molecule is Cc1ccc(S(=O)(=O)Nn2cccc2)cc1. The highest BCUT2D eigenvalue weighted by atomic mass is 32.2. The third-order valence-electron chi connectivity index (χ3n) is 2.16. The molecule has 1 aromatic carbocycles. The van der Waals surface area contributed by atoms with Crippen LogP contribution in [0.3, 0.4) is 0 Å². The first kappa shape index (κ1) is 10.8. The van der Waals surface area contributed by atoms with Gasteiger partial charge in [0.05, 0.1) is 4.90 Å². The molecule has 0 saturated carbocycles. The molecular formula is C11H12N2O2S. The van der Waals surface area contributed by atoms with Crippen molar-refractivity contribution in [2.75, 3.05) is 4.83 Å². The van der Waals surface area contributed by atoms with Crippen LogP contribution < -0.4 is 4.83 Å². The zero-order valence-corrected chi connectivity index (χ0v) is 9.61. The van der Waals surface area contributed by atoms with Gasteiger partial charge in [-0.1, -0.05) is 17.7 Å². The maximum atomic E-state index is 11.9. The van der Waals surface area contributed by atoms with Crippen LogP contribution in [0.1, 0.15) is 5.56 Å². The molecule has 5 heteroatoms. The first-order valence-corrected chi connectivity index (χ1v) is 6.29. The van der Waals surface area contributed by atoms with E-state index in [9.17, 15) is 8.42 Å². The quantitative estimate of drug-likeness (QED) is 0.882. The third kappa shape index (κ3) is 2.25. The molecule has 0 aliphatic carbocycles. The Balaban J connectivity index is 2.29. The van der Waals surface area contributed by atoms with E-state index in [1.165, 1.54) is 4.68 Å². The van der Waals surface area contributed by atoms with Gasteiger partial charge >= 0.3 is 0 Å². The highest BCUT2D eigenvalue weighted by Gasteiger charge is 2.12. The van der Waals surface area contributed by atoms with E-state index in [0.717, 1.165) is 5.56 Å². The van der Waals surface area contributed by atoms with Gasteiger partial charge in [-0.05, 0) is 31.2 Å². The van der Waals surface area contributed by atoms with Gasteiger partial charge in [-0.15, -0.1) is 0 Å². The molecule has 0 unspecified atom stereocenters. The predicted octanol–water partition coefficient (Wildman–Crippen LogP) is 1.73. The lowest BCUT2D eigenvalue weighted by Gasteiger charge is -2.08. The minimum absolute atomic E-state index is 0.256. The third-order valence-corrected chi connectivity index (χ3v) is 3.51. The van der Waals surface area contributed by atoms with Crippen LogP contribution >= 0.6 is 0 Å². The fourth-order valence-corrected chi connectivity index (χ4v) is 2.30. The largest absolute Gasteiger partial charge is 0.275 e. The number of nitrogens with one attached hydrogen (secondary N) is 1. The molecule has 16 heavy (non-hydrogen) atoms. The Hall–Kier alpha value is -1.75. The number of sulfonamides is 1. The van der Waals surface area contributed by atoms with E-state index < -0.39 is 10.0 Å². The van der Waals surface area contributed by atoms with Crippen molar-refractivity contribution in [3.05, 3.63) is 54.4 Å². The van der Waals surface area contributed by atoms with Crippen LogP contribution in [0.4, 0.5) is 0 Å². The molecule has 2 rings (SSSR count). The van der Waals surface area contributed by atoms with E-state index in [1.807, 2.05) is 6.92 Å². The summed E-state index contributed by atoms with van der Waals surface area (Å²) in [4.78, 5) is 2.68. The predicted molar refractivity (Wildman–Crippen MR) is 62.2 cm³/mol. The Kier molecular flexibility index (Phi) is 2.70. The Morgan fingerprint density at radius 2 is 1.62 bits per heavy atom. The second kappa shape index (κ2) is 4.02. The molecule has 0 bridgehead atoms. The molecule has 84 valence electrons. The second-order valence-corrected chi connectivity index (χ2v) is 5.16. The molecule has 2 aromatic rings. The normalized spacial score (nSPS) is 11.3. The van der Waals surface area contributed by atoms with Crippen LogP contribution in [0.15, 0.2) is 53.7 Å². The number of aromatic nitrogens is 1. The number of hydrogen-bond donors (Lipinski definition) is 1. The number of benzene rings is 1. The molecule has 0 radical (unpaired) electrons. The minimum atomic E-state index is -3.49. The van der Waals surface area contributed by atoms with Crippen molar-refractivity contribution in [2.24, 2.45) is 0 Å². The topological polar surface area (TPSA) is 51.1 Å². The number of aryl methyl sites for hydroxylation is 1. The highest BCUT2D eigenvalue weighted by molar-refractivity contribution is 7.92. The van der Waals surface area contributed by atoms with Crippen LogP contribution in [0.25, 0.3) is 0 Å². The summed E-state index contributed by atoms with van der Waals surface area (Å²) in [6.07, 6.45) is 3.26. The Bertz CT molecular complexity index is 557. The molecule has 1 heterocycles. The summed E-state index contributed by atoms with van der Waals surface area (Å²) in [5.74, 6) is 0. The number of rotatable bonds is 3. The van der Waals surface area contributed by atoms with E-state index in [-0.39, 0.29) is 4.90 Å². The summed E-state index contributed by atoms with van der Waals surface area (Å²) >= 11 is 0. The standard InChI is InChI=1S/C11H12N2O2S/c1-10-4-6-11(7-5-10)16(14,15)12-13-8-2-3-9-13/h2-9,12H,1H3. The van der Waals surface area contributed by atoms with E-state index in [1.54, 1.807) is 48.8 Å². The molecule has 0 amide bonds. The van der Waals surface area contributed by atoms with Crippen molar-refractivity contribution in [1.82, 2.24) is 4.68 Å². The van der Waals surface area contributed by atoms with Crippen LogP contribution in [0, 0.1) is 6.92 Å². The average molecular weight is 236 g/mol. The monoisotopic (exact) mass is 236 g/mol. The van der Waals surface area contributed by atoms with Gasteiger partial charge in [0.15, 0.2) is 0 Å². The Labute approximate surface area is 94.6 Å². The van der Waals surface area contributed by atoms with Crippen molar-refractivity contribution < 1.29 is 8.42 Å². The number of nitrogens with zero attached hydrogens (tertiary/aromatic N) is 1. The van der Waals surface area contributed by atoms with E-state index in [0.29, 0.717) is 0 Å². The maximum absolute atomic E-state index is 11.9. The average Bonchev–Trinajstić information content (AvgIpc) is 2.70. The van der Waals surface area contributed by atoms with Crippen molar-refractivity contribution in [3.63, 3.8) is 0 Å². The molecule has 0 aliphatic heterocycles. The first-order valence-electron chi connectivity index (χ1n) is 4.80. The summed E-state index contributed by atoms with van der Waals surface area (Å²) < 4.78 is 25.2. The summed E-state index contributed by atoms with van der Waals surface area (Å²) in [7, 11) is -3.49. The molecule has 0 fully saturated rings. The molecule has 0 saturated heterocycles. The lowest BCUT2D eigenvalue weighted by molar-refractivity contribution is 0.595. The molecule has 0 atom stereocenters. The second-order valence-electron chi connectivity index (χ2n) is 3.50. The Morgan fingerprint density at radius 3 is 2.19 bits per heavy atom. The van der Waals surface area contributed by atoms with Gasteiger partial charge in [-0.25, -0.2) is 4.83 Å². The molecule has 0 aliphatic rings. The van der Waals surface area contributed by atoms with Crippen molar-refractivity contribution in [3.8, 4) is 0 Å². The van der Waals surface area contributed by atoms with Gasteiger partial charge in [-0.2, -0.15) is 8.42 Å².